The molecule has 0 bridgehead atoms. The molecule has 0 radical (unpaired) electrons. The SMILES string of the molecule is CCC(O[C@H]1C[C@]2(C1)OCC(C)(C)c1c2c2c(O)cccc2n1-c1ccc(F)c(F)c1)C(=O)O. The molecule has 1 aliphatic heterocycles. The average Bonchev–Trinajstić information content (AvgIpc) is 3.12. The lowest BCUT2D eigenvalue weighted by atomic mass is 9.66. The molecule has 180 valence electrons. The quantitative estimate of drug-likeness (QED) is 0.537. The first-order chi connectivity index (χ1) is 16.1. The summed E-state index contributed by atoms with van der Waals surface area (Å²) < 4.78 is 42.1. The summed E-state index contributed by atoms with van der Waals surface area (Å²) in [5, 5.41) is 20.9. The lowest BCUT2D eigenvalue weighted by Crippen LogP contribution is -2.54. The highest BCUT2D eigenvalue weighted by molar-refractivity contribution is 5.94. The van der Waals surface area contributed by atoms with Gasteiger partial charge >= 0.3 is 5.97 Å². The Hall–Kier alpha value is -2.97. The van der Waals surface area contributed by atoms with Crippen molar-refractivity contribution in [3.8, 4) is 11.4 Å². The number of carbonyl (C=O) groups is 1. The third kappa shape index (κ3) is 3.31. The van der Waals surface area contributed by atoms with Crippen LogP contribution < -0.4 is 0 Å². The normalized spacial score (nSPS) is 24.1. The number of aromatic nitrogens is 1. The second-order valence-corrected chi connectivity index (χ2v) is 9.90. The van der Waals surface area contributed by atoms with Crippen LogP contribution in [0.25, 0.3) is 16.6 Å². The number of halogens is 2. The summed E-state index contributed by atoms with van der Waals surface area (Å²) in [6.07, 6.45) is 0.0334. The number of benzene rings is 2. The van der Waals surface area contributed by atoms with Gasteiger partial charge < -0.3 is 24.3 Å². The Morgan fingerprint density at radius 1 is 1.24 bits per heavy atom. The van der Waals surface area contributed by atoms with Gasteiger partial charge in [-0.2, -0.15) is 0 Å². The summed E-state index contributed by atoms with van der Waals surface area (Å²) in [6, 6.07) is 8.91. The molecule has 2 aliphatic rings. The van der Waals surface area contributed by atoms with Crippen LogP contribution in [-0.2, 0) is 25.3 Å². The largest absolute Gasteiger partial charge is 0.507 e. The summed E-state index contributed by atoms with van der Waals surface area (Å²) in [4.78, 5) is 11.4. The first kappa shape index (κ1) is 22.8. The van der Waals surface area contributed by atoms with Crippen LogP contribution in [0.4, 0.5) is 8.78 Å². The summed E-state index contributed by atoms with van der Waals surface area (Å²) in [5.41, 5.74) is 1.48. The molecule has 0 amide bonds. The zero-order valence-electron chi connectivity index (χ0n) is 19.3. The van der Waals surface area contributed by atoms with Crippen LogP contribution in [0.5, 0.6) is 5.75 Å². The van der Waals surface area contributed by atoms with Gasteiger partial charge in [-0.05, 0) is 30.7 Å². The maximum Gasteiger partial charge on any atom is 0.332 e. The maximum atomic E-state index is 14.2. The van der Waals surface area contributed by atoms with Gasteiger partial charge in [-0.1, -0.05) is 26.8 Å². The number of hydrogen-bond donors (Lipinski definition) is 2. The fourth-order valence-electron chi connectivity index (χ4n) is 5.41. The second-order valence-electron chi connectivity index (χ2n) is 9.90. The standard InChI is InChI=1S/C26H27F2NO5/c1-4-20(24(31)32)34-15-11-26(12-15)22-21-18(6-5-7-19(21)30)29(23(22)25(2,3)13-33-26)14-8-9-16(27)17(28)10-14/h5-10,15,20,30H,4,11-13H2,1-3H3,(H,31,32)/t15-,20?,26+. The Kier molecular flexibility index (Phi) is 5.22. The topological polar surface area (TPSA) is 80.9 Å². The summed E-state index contributed by atoms with van der Waals surface area (Å²) in [7, 11) is 0. The number of aliphatic carboxylic acids is 1. The molecule has 0 saturated heterocycles. The van der Waals surface area contributed by atoms with Crippen LogP contribution in [-0.4, -0.2) is 39.6 Å². The molecule has 3 aromatic rings. The van der Waals surface area contributed by atoms with Gasteiger partial charge in [0.1, 0.15) is 11.4 Å². The molecule has 1 aliphatic carbocycles. The highest BCUT2D eigenvalue weighted by Gasteiger charge is 2.56. The van der Waals surface area contributed by atoms with Gasteiger partial charge in [-0.15, -0.1) is 0 Å². The highest BCUT2D eigenvalue weighted by Crippen LogP contribution is 2.57. The number of fused-ring (bicyclic) bond motifs is 4. The van der Waals surface area contributed by atoms with Crippen molar-refractivity contribution in [2.45, 2.75) is 63.3 Å². The Morgan fingerprint density at radius 3 is 2.62 bits per heavy atom. The zero-order chi connectivity index (χ0) is 24.4. The number of carboxylic acid groups (broad SMARTS) is 1. The van der Waals surface area contributed by atoms with E-state index in [4.69, 9.17) is 9.47 Å². The Morgan fingerprint density at radius 2 is 1.97 bits per heavy atom. The van der Waals surface area contributed by atoms with Crippen molar-refractivity contribution < 1.29 is 33.3 Å². The summed E-state index contributed by atoms with van der Waals surface area (Å²) in [6.45, 7) is 6.15. The predicted molar refractivity (Wildman–Crippen MR) is 121 cm³/mol. The van der Waals surface area contributed by atoms with Crippen molar-refractivity contribution in [2.75, 3.05) is 6.61 Å². The van der Waals surface area contributed by atoms with Crippen molar-refractivity contribution in [3.05, 3.63) is 59.3 Å². The van der Waals surface area contributed by atoms with Crippen molar-refractivity contribution in [1.82, 2.24) is 4.57 Å². The minimum Gasteiger partial charge on any atom is -0.507 e. The summed E-state index contributed by atoms with van der Waals surface area (Å²) >= 11 is 0. The van der Waals surface area contributed by atoms with E-state index in [0.29, 0.717) is 42.5 Å². The molecule has 2 heterocycles. The molecule has 1 saturated carbocycles. The molecular formula is C26H27F2NO5. The molecule has 1 aromatic heterocycles. The molecule has 6 nitrogen and oxygen atoms in total. The number of phenolic OH excluding ortho intramolecular Hbond substituents is 1. The van der Waals surface area contributed by atoms with Crippen LogP contribution >= 0.6 is 0 Å². The molecule has 2 aromatic carbocycles. The molecule has 34 heavy (non-hydrogen) atoms. The molecule has 1 fully saturated rings. The molecule has 1 unspecified atom stereocenters. The van der Waals surface area contributed by atoms with Crippen LogP contribution in [0.15, 0.2) is 36.4 Å². The molecular weight excluding hydrogens is 444 g/mol. The Balaban J connectivity index is 1.69. The first-order valence-electron chi connectivity index (χ1n) is 11.4. The van der Waals surface area contributed by atoms with Crippen LogP contribution in [0.1, 0.15) is 51.3 Å². The zero-order valence-corrected chi connectivity index (χ0v) is 19.3. The summed E-state index contributed by atoms with van der Waals surface area (Å²) in [5.74, 6) is -2.82. The molecule has 1 atom stereocenters. The Bertz CT molecular complexity index is 1290. The monoisotopic (exact) mass is 471 g/mol. The van der Waals surface area contributed by atoms with Gasteiger partial charge in [0.05, 0.1) is 18.2 Å². The van der Waals surface area contributed by atoms with E-state index in [1.807, 2.05) is 24.5 Å². The van der Waals surface area contributed by atoms with E-state index in [1.165, 1.54) is 6.07 Å². The fraction of sp³-hybridized carbons (Fsp3) is 0.423. The van der Waals surface area contributed by atoms with E-state index in [2.05, 4.69) is 0 Å². The van der Waals surface area contributed by atoms with Crippen LogP contribution in [0.3, 0.4) is 0 Å². The average molecular weight is 472 g/mol. The second kappa shape index (κ2) is 7.78. The Labute approximate surface area is 195 Å². The number of carboxylic acids is 1. The van der Waals surface area contributed by atoms with E-state index in [9.17, 15) is 23.8 Å². The molecule has 1 spiro atoms. The van der Waals surface area contributed by atoms with Gasteiger partial charge in [-0.25, -0.2) is 13.6 Å². The maximum absolute atomic E-state index is 14.2. The lowest BCUT2D eigenvalue weighted by Gasteiger charge is -2.53. The van der Waals surface area contributed by atoms with E-state index >= 15 is 0 Å². The van der Waals surface area contributed by atoms with Gasteiger partial charge in [0.2, 0.25) is 0 Å². The van der Waals surface area contributed by atoms with Gasteiger partial charge in [0, 0.05) is 46.7 Å². The van der Waals surface area contributed by atoms with Crippen molar-refractivity contribution >= 4 is 16.9 Å². The number of nitrogens with zero attached hydrogens (tertiary/aromatic N) is 1. The number of hydrogen-bond acceptors (Lipinski definition) is 4. The first-order valence-corrected chi connectivity index (χ1v) is 11.4. The number of rotatable bonds is 5. The highest BCUT2D eigenvalue weighted by atomic mass is 19.2. The van der Waals surface area contributed by atoms with Crippen LogP contribution in [0.2, 0.25) is 0 Å². The minimum absolute atomic E-state index is 0.0668. The third-order valence-electron chi connectivity index (χ3n) is 7.06. The number of ether oxygens (including phenoxy) is 2. The minimum atomic E-state index is -0.998. The molecule has 2 N–H and O–H groups in total. The smallest absolute Gasteiger partial charge is 0.332 e. The fourth-order valence-corrected chi connectivity index (χ4v) is 5.41. The lowest BCUT2D eigenvalue weighted by molar-refractivity contribution is -0.211. The van der Waals surface area contributed by atoms with Gasteiger partial charge in [-0.3, -0.25) is 0 Å². The van der Waals surface area contributed by atoms with Gasteiger partial charge in [0.25, 0.3) is 0 Å². The van der Waals surface area contributed by atoms with Crippen molar-refractivity contribution in [2.24, 2.45) is 0 Å². The number of phenols is 1. The predicted octanol–water partition coefficient (Wildman–Crippen LogP) is 5.16. The number of aromatic hydroxyl groups is 1. The van der Waals surface area contributed by atoms with Crippen LogP contribution in [0, 0.1) is 11.6 Å². The van der Waals surface area contributed by atoms with E-state index in [1.54, 1.807) is 19.1 Å². The van der Waals surface area contributed by atoms with Gasteiger partial charge in [0.15, 0.2) is 17.7 Å². The van der Waals surface area contributed by atoms with Crippen molar-refractivity contribution in [1.29, 1.82) is 0 Å². The molecule has 8 heteroatoms. The van der Waals surface area contributed by atoms with Crippen molar-refractivity contribution in [3.63, 3.8) is 0 Å². The van der Waals surface area contributed by atoms with E-state index < -0.39 is 34.7 Å². The molecule has 5 rings (SSSR count). The van der Waals surface area contributed by atoms with E-state index in [-0.39, 0.29) is 11.9 Å². The third-order valence-corrected chi connectivity index (χ3v) is 7.06. The van der Waals surface area contributed by atoms with E-state index in [0.717, 1.165) is 23.4 Å².